The van der Waals surface area contributed by atoms with Gasteiger partial charge in [0.1, 0.15) is 5.75 Å². The van der Waals surface area contributed by atoms with Gasteiger partial charge in [-0.1, -0.05) is 6.07 Å². The quantitative estimate of drug-likeness (QED) is 0.377. The Morgan fingerprint density at radius 1 is 1.06 bits per heavy atom. The average Bonchev–Trinajstić information content (AvgIpc) is 3.29. The van der Waals surface area contributed by atoms with Crippen LogP contribution in [-0.4, -0.2) is 36.0 Å². The number of primary amides is 1. The highest BCUT2D eigenvalue weighted by molar-refractivity contribution is 6.05. The number of pyridine rings is 2. The topological polar surface area (TPSA) is 159 Å². The smallest absolute Gasteiger partial charge is 0.322 e. The minimum absolute atomic E-state index is 0.0456. The SMILES string of the molecule is Cc1ccc2[nH]ncc2c1-c1cc(-c2ccnc(Oc3cccnc3)n2)nc(C(N)=O)c1N. The molecule has 1 amide bonds. The van der Waals surface area contributed by atoms with Crippen LogP contribution in [-0.2, 0) is 0 Å². The molecular weight excluding hydrogens is 420 g/mol. The van der Waals surface area contributed by atoms with Crippen molar-refractivity contribution in [3.8, 4) is 34.3 Å². The van der Waals surface area contributed by atoms with Crippen molar-refractivity contribution >= 4 is 22.5 Å². The number of rotatable bonds is 5. The van der Waals surface area contributed by atoms with Crippen LogP contribution in [0.3, 0.4) is 0 Å². The number of aryl methyl sites for hydroxylation is 1. The van der Waals surface area contributed by atoms with E-state index in [0.717, 1.165) is 22.0 Å². The Bertz CT molecular complexity index is 1500. The summed E-state index contributed by atoms with van der Waals surface area (Å²) in [5.41, 5.74) is 16.2. The molecule has 1 aromatic carbocycles. The number of aromatic nitrogens is 6. The molecule has 4 aromatic heterocycles. The number of nitrogens with one attached hydrogen (secondary N) is 1. The molecule has 0 aliphatic carbocycles. The Morgan fingerprint density at radius 2 is 1.94 bits per heavy atom. The van der Waals surface area contributed by atoms with E-state index < -0.39 is 5.91 Å². The molecule has 0 atom stereocenters. The van der Waals surface area contributed by atoms with Gasteiger partial charge in [0.2, 0.25) is 0 Å². The van der Waals surface area contributed by atoms with Crippen LogP contribution in [0, 0.1) is 6.92 Å². The van der Waals surface area contributed by atoms with Crippen molar-refractivity contribution in [2.45, 2.75) is 6.92 Å². The third kappa shape index (κ3) is 3.69. The lowest BCUT2D eigenvalue weighted by atomic mass is 9.94. The van der Waals surface area contributed by atoms with E-state index in [0.29, 0.717) is 22.7 Å². The number of hydrogen-bond acceptors (Lipinski definition) is 8. The van der Waals surface area contributed by atoms with Crippen molar-refractivity contribution in [2.24, 2.45) is 5.73 Å². The molecule has 10 nitrogen and oxygen atoms in total. The number of benzene rings is 1. The Hall–Kier alpha value is -4.86. The van der Waals surface area contributed by atoms with Gasteiger partial charge in [0.05, 0.1) is 35.0 Å². The van der Waals surface area contributed by atoms with Gasteiger partial charge in [-0.2, -0.15) is 10.1 Å². The molecule has 4 heterocycles. The van der Waals surface area contributed by atoms with Crippen LogP contribution in [0.15, 0.2) is 61.2 Å². The number of ether oxygens (including phenoxy) is 1. The summed E-state index contributed by atoms with van der Waals surface area (Å²) in [4.78, 5) is 29.2. The van der Waals surface area contributed by atoms with Crippen molar-refractivity contribution in [3.05, 3.63) is 72.4 Å². The van der Waals surface area contributed by atoms with Gasteiger partial charge in [0.15, 0.2) is 5.69 Å². The van der Waals surface area contributed by atoms with Crippen LogP contribution < -0.4 is 16.2 Å². The van der Waals surface area contributed by atoms with Crippen molar-refractivity contribution < 1.29 is 9.53 Å². The van der Waals surface area contributed by atoms with E-state index in [1.165, 1.54) is 6.20 Å². The van der Waals surface area contributed by atoms with E-state index in [-0.39, 0.29) is 17.4 Å². The van der Waals surface area contributed by atoms with Gasteiger partial charge in [0, 0.05) is 23.3 Å². The van der Waals surface area contributed by atoms with E-state index in [4.69, 9.17) is 16.2 Å². The molecule has 33 heavy (non-hydrogen) atoms. The number of nitrogens with zero attached hydrogens (tertiary/aromatic N) is 5. The molecule has 0 saturated carbocycles. The second-order valence-electron chi connectivity index (χ2n) is 7.29. The van der Waals surface area contributed by atoms with Gasteiger partial charge in [0.25, 0.3) is 5.91 Å². The first-order valence-corrected chi connectivity index (χ1v) is 9.96. The lowest BCUT2D eigenvalue weighted by Crippen LogP contribution is -2.17. The van der Waals surface area contributed by atoms with Gasteiger partial charge < -0.3 is 16.2 Å². The number of fused-ring (bicyclic) bond motifs is 1. The first-order valence-electron chi connectivity index (χ1n) is 9.96. The monoisotopic (exact) mass is 438 g/mol. The molecule has 0 saturated heterocycles. The summed E-state index contributed by atoms with van der Waals surface area (Å²) in [6.07, 6.45) is 6.44. The maximum absolute atomic E-state index is 12.2. The van der Waals surface area contributed by atoms with Crippen LogP contribution in [0.4, 0.5) is 5.69 Å². The highest BCUT2D eigenvalue weighted by Gasteiger charge is 2.20. The minimum atomic E-state index is -0.742. The number of nitrogen functional groups attached to an aromatic ring is 1. The largest absolute Gasteiger partial charge is 0.423 e. The molecule has 5 rings (SSSR count). The van der Waals surface area contributed by atoms with E-state index in [1.54, 1.807) is 42.9 Å². The number of H-pyrrole nitrogens is 1. The molecule has 5 aromatic rings. The van der Waals surface area contributed by atoms with Crippen LogP contribution in [0.1, 0.15) is 16.1 Å². The fourth-order valence-corrected chi connectivity index (χ4v) is 3.61. The summed E-state index contributed by atoms with van der Waals surface area (Å²) < 4.78 is 5.68. The number of hydrogen-bond donors (Lipinski definition) is 3. The number of amides is 1. The zero-order valence-electron chi connectivity index (χ0n) is 17.5. The Balaban J connectivity index is 1.68. The van der Waals surface area contributed by atoms with Crippen molar-refractivity contribution in [2.75, 3.05) is 5.73 Å². The molecule has 0 radical (unpaired) electrons. The van der Waals surface area contributed by atoms with Crippen LogP contribution in [0.5, 0.6) is 11.8 Å². The molecule has 0 bridgehead atoms. The van der Waals surface area contributed by atoms with Gasteiger partial charge >= 0.3 is 6.01 Å². The summed E-state index contributed by atoms with van der Waals surface area (Å²) in [6.45, 7) is 1.95. The van der Waals surface area contributed by atoms with Crippen LogP contribution in [0.2, 0.25) is 0 Å². The maximum atomic E-state index is 12.2. The first-order chi connectivity index (χ1) is 16.0. The Morgan fingerprint density at radius 3 is 2.73 bits per heavy atom. The third-order valence-electron chi connectivity index (χ3n) is 5.13. The van der Waals surface area contributed by atoms with Crippen LogP contribution in [0.25, 0.3) is 33.4 Å². The molecule has 0 fully saturated rings. The zero-order chi connectivity index (χ0) is 22.9. The number of nitrogens with two attached hydrogens (primary N) is 2. The third-order valence-corrected chi connectivity index (χ3v) is 5.13. The van der Waals surface area contributed by atoms with E-state index in [1.807, 2.05) is 19.1 Å². The van der Waals surface area contributed by atoms with E-state index >= 15 is 0 Å². The van der Waals surface area contributed by atoms with Gasteiger partial charge in [-0.25, -0.2) is 9.97 Å². The molecule has 162 valence electrons. The Labute approximate surface area is 187 Å². The molecule has 5 N–H and O–H groups in total. The summed E-state index contributed by atoms with van der Waals surface area (Å²) in [6, 6.07) is 10.9. The number of aromatic amines is 1. The molecule has 0 spiro atoms. The summed E-state index contributed by atoms with van der Waals surface area (Å²) in [5.74, 6) is -0.255. The summed E-state index contributed by atoms with van der Waals surface area (Å²) in [5, 5.41) is 7.94. The standard InChI is InChI=1S/C23H18N8O2/c1-12-4-5-16-15(11-28-31-16)19(12)14-9-18(29-21(20(14)24)22(25)32)17-6-8-27-23(30-17)33-13-3-2-7-26-10-13/h2-11H,24H2,1H3,(H2,25,32)(H,28,31). The lowest BCUT2D eigenvalue weighted by molar-refractivity contribution is 0.0996. The highest BCUT2D eigenvalue weighted by atomic mass is 16.5. The zero-order valence-corrected chi connectivity index (χ0v) is 17.5. The number of anilines is 1. The fourth-order valence-electron chi connectivity index (χ4n) is 3.61. The minimum Gasteiger partial charge on any atom is -0.423 e. The van der Waals surface area contributed by atoms with Gasteiger partial charge in [-0.3, -0.25) is 14.9 Å². The number of carbonyl (C=O) groups excluding carboxylic acids is 1. The van der Waals surface area contributed by atoms with Crippen molar-refractivity contribution in [1.29, 1.82) is 0 Å². The van der Waals surface area contributed by atoms with E-state index in [2.05, 4.69) is 30.1 Å². The molecule has 0 aliphatic heterocycles. The lowest BCUT2D eigenvalue weighted by Gasteiger charge is -2.15. The second-order valence-corrected chi connectivity index (χ2v) is 7.29. The van der Waals surface area contributed by atoms with Crippen LogP contribution >= 0.6 is 0 Å². The summed E-state index contributed by atoms with van der Waals surface area (Å²) >= 11 is 0. The maximum Gasteiger partial charge on any atom is 0.322 e. The van der Waals surface area contributed by atoms with E-state index in [9.17, 15) is 4.79 Å². The van der Waals surface area contributed by atoms with Gasteiger partial charge in [-0.05, 0) is 48.4 Å². The highest BCUT2D eigenvalue weighted by Crippen LogP contribution is 2.37. The molecular formula is C23H18N8O2. The van der Waals surface area contributed by atoms with Gasteiger partial charge in [-0.15, -0.1) is 0 Å². The normalized spacial score (nSPS) is 10.9. The summed E-state index contributed by atoms with van der Waals surface area (Å²) in [7, 11) is 0. The predicted molar refractivity (Wildman–Crippen MR) is 122 cm³/mol. The second kappa shape index (κ2) is 8.00. The predicted octanol–water partition coefficient (Wildman–Crippen LogP) is 3.26. The molecule has 0 unspecified atom stereocenters. The van der Waals surface area contributed by atoms with Crippen molar-refractivity contribution in [3.63, 3.8) is 0 Å². The first kappa shape index (κ1) is 20.1. The average molecular weight is 438 g/mol. The van der Waals surface area contributed by atoms with Crippen molar-refractivity contribution in [1.82, 2.24) is 30.1 Å². The molecule has 0 aliphatic rings. The number of carbonyl (C=O) groups is 1. The molecule has 10 heteroatoms. The fraction of sp³-hybridized carbons (Fsp3) is 0.0435. The Kier molecular flexibility index (Phi) is 4.87.